The van der Waals surface area contributed by atoms with Crippen molar-refractivity contribution >= 4 is 33.3 Å². The third kappa shape index (κ3) is 4.73. The van der Waals surface area contributed by atoms with Gasteiger partial charge in [0.05, 0.1) is 16.6 Å². The SMILES string of the molecule is CCc1cncc(S(=O)(=O)Nc2c(-c3ccc(C(C)C(=O)O)c(F)c3)ccc(Cl)c2F)c1. The fourth-order valence-corrected chi connectivity index (χ4v) is 4.32. The molecule has 3 rings (SSSR count). The van der Waals surface area contributed by atoms with Crippen molar-refractivity contribution in [2.45, 2.75) is 31.1 Å². The molecule has 1 heterocycles. The molecule has 168 valence electrons. The molecule has 2 N–H and O–H groups in total. The van der Waals surface area contributed by atoms with Crippen LogP contribution in [0.15, 0.2) is 53.7 Å². The Morgan fingerprint density at radius 1 is 1.19 bits per heavy atom. The van der Waals surface area contributed by atoms with E-state index in [0.717, 1.165) is 12.3 Å². The van der Waals surface area contributed by atoms with Gasteiger partial charge in [-0.05, 0) is 42.7 Å². The Morgan fingerprint density at radius 3 is 2.53 bits per heavy atom. The average Bonchev–Trinajstić information content (AvgIpc) is 2.76. The number of hydrogen-bond donors (Lipinski definition) is 2. The van der Waals surface area contributed by atoms with E-state index in [2.05, 4.69) is 9.71 Å². The fraction of sp³-hybridized carbons (Fsp3) is 0.182. The van der Waals surface area contributed by atoms with Crippen LogP contribution in [0.1, 0.15) is 30.9 Å². The first kappa shape index (κ1) is 23.6. The average molecular weight is 481 g/mol. The van der Waals surface area contributed by atoms with Crippen molar-refractivity contribution in [3.63, 3.8) is 0 Å². The molecule has 1 aromatic heterocycles. The number of nitrogens with zero attached hydrogens (tertiary/aromatic N) is 1. The first-order chi connectivity index (χ1) is 15.0. The van der Waals surface area contributed by atoms with Crippen LogP contribution in [0.5, 0.6) is 0 Å². The lowest BCUT2D eigenvalue weighted by molar-refractivity contribution is -0.138. The number of halogens is 3. The first-order valence-corrected chi connectivity index (χ1v) is 11.4. The maximum atomic E-state index is 14.9. The molecular formula is C22H19ClF2N2O4S. The van der Waals surface area contributed by atoms with Gasteiger partial charge in [0.25, 0.3) is 10.0 Å². The number of carbonyl (C=O) groups is 1. The Hall–Kier alpha value is -3.04. The molecule has 6 nitrogen and oxygen atoms in total. The van der Waals surface area contributed by atoms with Gasteiger partial charge in [-0.25, -0.2) is 17.2 Å². The van der Waals surface area contributed by atoms with Gasteiger partial charge in [0.2, 0.25) is 0 Å². The van der Waals surface area contributed by atoms with Gasteiger partial charge < -0.3 is 5.11 Å². The van der Waals surface area contributed by atoms with E-state index in [4.69, 9.17) is 16.7 Å². The summed E-state index contributed by atoms with van der Waals surface area (Å²) in [6.07, 6.45) is 3.20. The van der Waals surface area contributed by atoms with E-state index in [1.54, 1.807) is 0 Å². The van der Waals surface area contributed by atoms with Crippen molar-refractivity contribution in [1.82, 2.24) is 4.98 Å². The number of carboxylic acid groups (broad SMARTS) is 1. The molecule has 0 bridgehead atoms. The second kappa shape index (κ2) is 9.22. The van der Waals surface area contributed by atoms with E-state index in [9.17, 15) is 22.0 Å². The van der Waals surface area contributed by atoms with Crippen molar-refractivity contribution in [1.29, 1.82) is 0 Å². The van der Waals surface area contributed by atoms with Crippen LogP contribution in [0.3, 0.4) is 0 Å². The number of hydrogen-bond acceptors (Lipinski definition) is 4. The number of aromatic nitrogens is 1. The highest BCUT2D eigenvalue weighted by atomic mass is 35.5. The van der Waals surface area contributed by atoms with Crippen LogP contribution < -0.4 is 4.72 Å². The highest BCUT2D eigenvalue weighted by Gasteiger charge is 2.23. The van der Waals surface area contributed by atoms with E-state index in [1.165, 1.54) is 43.5 Å². The summed E-state index contributed by atoms with van der Waals surface area (Å²) < 4.78 is 57.5. The van der Waals surface area contributed by atoms with E-state index in [0.29, 0.717) is 12.0 Å². The molecule has 10 heteroatoms. The Bertz CT molecular complexity index is 1300. The number of carboxylic acids is 1. The molecule has 0 fully saturated rings. The minimum atomic E-state index is -4.24. The molecule has 0 aliphatic rings. The van der Waals surface area contributed by atoms with Gasteiger partial charge in [-0.1, -0.05) is 36.7 Å². The van der Waals surface area contributed by atoms with Crippen LogP contribution in [0.4, 0.5) is 14.5 Å². The lowest BCUT2D eigenvalue weighted by Crippen LogP contribution is -2.15. The van der Waals surface area contributed by atoms with Gasteiger partial charge in [-0.15, -0.1) is 0 Å². The number of nitrogens with one attached hydrogen (secondary N) is 1. The quantitative estimate of drug-likeness (QED) is 0.482. The molecule has 1 unspecified atom stereocenters. The molecule has 0 aliphatic heterocycles. The van der Waals surface area contributed by atoms with E-state index in [1.807, 2.05) is 6.92 Å². The first-order valence-electron chi connectivity index (χ1n) is 9.52. The van der Waals surface area contributed by atoms with Gasteiger partial charge in [0.15, 0.2) is 5.82 Å². The van der Waals surface area contributed by atoms with Crippen molar-refractivity contribution in [3.8, 4) is 11.1 Å². The zero-order chi connectivity index (χ0) is 23.6. The minimum absolute atomic E-state index is 0.0310. The summed E-state index contributed by atoms with van der Waals surface area (Å²) in [5.41, 5.74) is 0.323. The normalized spacial score (nSPS) is 12.4. The number of anilines is 1. The second-order valence-corrected chi connectivity index (χ2v) is 9.16. The molecule has 0 aliphatic carbocycles. The molecule has 0 amide bonds. The van der Waals surface area contributed by atoms with Crippen molar-refractivity contribution in [3.05, 3.63) is 76.6 Å². The van der Waals surface area contributed by atoms with Crippen LogP contribution >= 0.6 is 11.6 Å². The number of pyridine rings is 1. The van der Waals surface area contributed by atoms with Crippen LogP contribution in [-0.2, 0) is 21.2 Å². The van der Waals surface area contributed by atoms with E-state index < -0.39 is 39.2 Å². The fourth-order valence-electron chi connectivity index (χ4n) is 3.07. The molecule has 0 spiro atoms. The highest BCUT2D eigenvalue weighted by Crippen LogP contribution is 2.36. The van der Waals surface area contributed by atoms with Crippen LogP contribution in [0, 0.1) is 11.6 Å². The Morgan fingerprint density at radius 2 is 1.91 bits per heavy atom. The maximum Gasteiger partial charge on any atom is 0.310 e. The zero-order valence-corrected chi connectivity index (χ0v) is 18.6. The minimum Gasteiger partial charge on any atom is -0.481 e. The third-order valence-electron chi connectivity index (χ3n) is 4.97. The van der Waals surface area contributed by atoms with Crippen molar-refractivity contribution < 1.29 is 27.1 Å². The monoisotopic (exact) mass is 480 g/mol. The summed E-state index contributed by atoms with van der Waals surface area (Å²) in [5.74, 6) is -4.15. The summed E-state index contributed by atoms with van der Waals surface area (Å²) in [6.45, 7) is 3.17. The number of aryl methyl sites for hydroxylation is 1. The molecule has 1 atom stereocenters. The summed E-state index contributed by atoms with van der Waals surface area (Å²) >= 11 is 5.87. The lowest BCUT2D eigenvalue weighted by atomic mass is 9.96. The van der Waals surface area contributed by atoms with Gasteiger partial charge >= 0.3 is 5.97 Å². The van der Waals surface area contributed by atoms with Crippen molar-refractivity contribution in [2.75, 3.05) is 4.72 Å². The summed E-state index contributed by atoms with van der Waals surface area (Å²) in [7, 11) is -4.24. The largest absolute Gasteiger partial charge is 0.481 e. The number of aliphatic carboxylic acids is 1. The molecule has 32 heavy (non-hydrogen) atoms. The van der Waals surface area contributed by atoms with Crippen LogP contribution in [0.25, 0.3) is 11.1 Å². The molecule has 0 saturated heterocycles. The number of sulfonamides is 1. The number of rotatable bonds is 7. The van der Waals surface area contributed by atoms with Crippen molar-refractivity contribution in [2.24, 2.45) is 0 Å². The van der Waals surface area contributed by atoms with Crippen LogP contribution in [0.2, 0.25) is 5.02 Å². The predicted molar refractivity (Wildman–Crippen MR) is 117 cm³/mol. The van der Waals surface area contributed by atoms with E-state index in [-0.39, 0.29) is 26.6 Å². The molecule has 3 aromatic rings. The molecule has 0 radical (unpaired) electrons. The Labute approximate surface area is 188 Å². The predicted octanol–water partition coefficient (Wildman–Crippen LogP) is 5.23. The highest BCUT2D eigenvalue weighted by molar-refractivity contribution is 7.92. The van der Waals surface area contributed by atoms with Gasteiger partial charge in [-0.2, -0.15) is 0 Å². The summed E-state index contributed by atoms with van der Waals surface area (Å²) in [4.78, 5) is 14.9. The molecule has 2 aromatic carbocycles. The lowest BCUT2D eigenvalue weighted by Gasteiger charge is -2.16. The van der Waals surface area contributed by atoms with Gasteiger partial charge in [0, 0.05) is 23.5 Å². The zero-order valence-electron chi connectivity index (χ0n) is 17.1. The topological polar surface area (TPSA) is 96.4 Å². The summed E-state index contributed by atoms with van der Waals surface area (Å²) in [6, 6.07) is 7.65. The third-order valence-corrected chi connectivity index (χ3v) is 6.58. The molecular weight excluding hydrogens is 462 g/mol. The van der Waals surface area contributed by atoms with Crippen LogP contribution in [-0.4, -0.2) is 24.5 Å². The van der Waals surface area contributed by atoms with E-state index >= 15 is 0 Å². The smallest absolute Gasteiger partial charge is 0.310 e. The maximum absolute atomic E-state index is 14.9. The summed E-state index contributed by atoms with van der Waals surface area (Å²) in [5, 5.41) is 8.79. The molecule has 0 saturated carbocycles. The second-order valence-electron chi connectivity index (χ2n) is 7.07. The number of benzene rings is 2. The Balaban J connectivity index is 2.10. The standard InChI is InChI=1S/C22H19ClF2N2O4S/c1-3-13-8-15(11-26-10-13)32(30,31)27-21-17(6-7-18(23)20(21)25)14-4-5-16(19(24)9-14)12(2)22(28)29/h4-12,27H,3H2,1-2H3,(H,28,29). The Kier molecular flexibility index (Phi) is 6.80. The van der Waals surface area contributed by atoms with Gasteiger partial charge in [-0.3, -0.25) is 14.5 Å². The van der Waals surface area contributed by atoms with Gasteiger partial charge in [0.1, 0.15) is 10.7 Å².